The second-order valence-electron chi connectivity index (χ2n) is 3.89. The molecule has 0 bridgehead atoms. The monoisotopic (exact) mass is 248 g/mol. The Hall–Kier alpha value is -2.23. The van der Waals surface area contributed by atoms with Crippen LogP contribution in [0.25, 0.3) is 11.1 Å². The zero-order valence-electron chi connectivity index (χ0n) is 9.36. The highest BCUT2D eigenvalue weighted by atomic mass is 19.1. The minimum atomic E-state index is -0.931. The van der Waals surface area contributed by atoms with Gasteiger partial charge in [0, 0.05) is 5.56 Å². The molecule has 4 heteroatoms. The zero-order chi connectivity index (χ0) is 13.1. The molecule has 0 atom stereocenters. The third kappa shape index (κ3) is 2.71. The van der Waals surface area contributed by atoms with Crippen LogP contribution in [0.3, 0.4) is 0 Å². The van der Waals surface area contributed by atoms with Crippen molar-refractivity contribution in [3.05, 3.63) is 59.7 Å². The average Bonchev–Trinajstić information content (AvgIpc) is 2.33. The lowest BCUT2D eigenvalue weighted by Crippen LogP contribution is -1.99. The van der Waals surface area contributed by atoms with Crippen LogP contribution >= 0.6 is 0 Å². The summed E-state index contributed by atoms with van der Waals surface area (Å²) < 4.78 is 26.5. The smallest absolute Gasteiger partial charge is 0.307 e. The molecule has 1 N–H and O–H groups in total. The van der Waals surface area contributed by atoms with Gasteiger partial charge in [-0.15, -0.1) is 0 Å². The molecule has 0 heterocycles. The van der Waals surface area contributed by atoms with Gasteiger partial charge in [0.1, 0.15) is 11.6 Å². The van der Waals surface area contributed by atoms with Gasteiger partial charge in [-0.05, 0) is 29.3 Å². The Morgan fingerprint density at radius 2 is 1.72 bits per heavy atom. The number of carboxylic acid groups (broad SMARTS) is 1. The van der Waals surface area contributed by atoms with Gasteiger partial charge in [0.25, 0.3) is 0 Å². The predicted molar refractivity (Wildman–Crippen MR) is 63.1 cm³/mol. The average molecular weight is 248 g/mol. The molecule has 0 aliphatic heterocycles. The molecule has 0 spiro atoms. The number of rotatable bonds is 3. The minimum absolute atomic E-state index is 0.0914. The van der Waals surface area contributed by atoms with E-state index in [1.807, 2.05) is 0 Å². The summed E-state index contributed by atoms with van der Waals surface area (Å²) in [5.41, 5.74) is 1.29. The summed E-state index contributed by atoms with van der Waals surface area (Å²) in [4.78, 5) is 10.5. The third-order valence-corrected chi connectivity index (χ3v) is 2.55. The predicted octanol–water partition coefficient (Wildman–Crippen LogP) is 3.26. The van der Waals surface area contributed by atoms with Crippen molar-refractivity contribution in [2.24, 2.45) is 0 Å². The van der Waals surface area contributed by atoms with E-state index >= 15 is 0 Å². The van der Waals surface area contributed by atoms with E-state index in [0.717, 1.165) is 18.2 Å². The largest absolute Gasteiger partial charge is 0.481 e. The maximum atomic E-state index is 13.5. The standard InChI is InChI=1S/C14H10F2O2/c15-11-5-6-13(16)12(8-11)10-3-1-9(2-4-10)7-14(17)18/h1-6,8H,7H2,(H,17,18). The highest BCUT2D eigenvalue weighted by Gasteiger charge is 2.07. The molecule has 0 saturated heterocycles. The number of hydrogen-bond donors (Lipinski definition) is 1. The third-order valence-electron chi connectivity index (χ3n) is 2.55. The van der Waals surface area contributed by atoms with Crippen LogP contribution in [-0.2, 0) is 11.2 Å². The van der Waals surface area contributed by atoms with Crippen molar-refractivity contribution in [3.63, 3.8) is 0 Å². The van der Waals surface area contributed by atoms with Crippen LogP contribution in [0.4, 0.5) is 8.78 Å². The van der Waals surface area contributed by atoms with Crippen molar-refractivity contribution in [1.29, 1.82) is 0 Å². The normalized spacial score (nSPS) is 10.3. The van der Waals surface area contributed by atoms with Gasteiger partial charge in [-0.3, -0.25) is 4.79 Å². The molecule has 0 aliphatic rings. The van der Waals surface area contributed by atoms with Crippen LogP contribution in [0.5, 0.6) is 0 Å². The second-order valence-corrected chi connectivity index (χ2v) is 3.89. The summed E-state index contributed by atoms with van der Waals surface area (Å²) in [6, 6.07) is 9.57. The van der Waals surface area contributed by atoms with E-state index in [4.69, 9.17) is 5.11 Å². The number of carbonyl (C=O) groups is 1. The Labute approximate surface area is 103 Å². The van der Waals surface area contributed by atoms with Crippen molar-refractivity contribution in [1.82, 2.24) is 0 Å². The fourth-order valence-electron chi connectivity index (χ4n) is 1.70. The highest BCUT2D eigenvalue weighted by molar-refractivity contribution is 5.71. The van der Waals surface area contributed by atoms with E-state index in [1.165, 1.54) is 0 Å². The summed E-state index contributed by atoms with van der Waals surface area (Å²) in [5, 5.41) is 8.62. The van der Waals surface area contributed by atoms with Crippen LogP contribution in [0.15, 0.2) is 42.5 Å². The summed E-state index contributed by atoms with van der Waals surface area (Å²) >= 11 is 0. The fraction of sp³-hybridized carbons (Fsp3) is 0.0714. The Morgan fingerprint density at radius 3 is 2.33 bits per heavy atom. The molecule has 0 saturated carbocycles. The number of halogens is 2. The van der Waals surface area contributed by atoms with Gasteiger partial charge < -0.3 is 5.11 Å². The molecular weight excluding hydrogens is 238 g/mol. The van der Waals surface area contributed by atoms with E-state index in [0.29, 0.717) is 11.1 Å². The molecule has 0 aliphatic carbocycles. The van der Waals surface area contributed by atoms with Gasteiger partial charge in [-0.2, -0.15) is 0 Å². The quantitative estimate of drug-likeness (QED) is 0.905. The van der Waals surface area contributed by atoms with Crippen LogP contribution < -0.4 is 0 Å². The van der Waals surface area contributed by atoms with E-state index in [2.05, 4.69) is 0 Å². The lowest BCUT2D eigenvalue weighted by atomic mass is 10.0. The van der Waals surface area contributed by atoms with Crippen molar-refractivity contribution in [3.8, 4) is 11.1 Å². The number of benzene rings is 2. The topological polar surface area (TPSA) is 37.3 Å². The first-order chi connectivity index (χ1) is 8.56. The maximum absolute atomic E-state index is 13.5. The van der Waals surface area contributed by atoms with Gasteiger partial charge in [0.05, 0.1) is 6.42 Å². The molecule has 2 aromatic rings. The Bertz CT molecular complexity index is 577. The summed E-state index contributed by atoms with van der Waals surface area (Å²) in [5.74, 6) is -1.96. The molecule has 2 nitrogen and oxygen atoms in total. The van der Waals surface area contributed by atoms with E-state index in [-0.39, 0.29) is 12.0 Å². The molecule has 18 heavy (non-hydrogen) atoms. The van der Waals surface area contributed by atoms with E-state index in [1.54, 1.807) is 24.3 Å². The Morgan fingerprint density at radius 1 is 1.06 bits per heavy atom. The SMILES string of the molecule is O=C(O)Cc1ccc(-c2cc(F)ccc2F)cc1. The Balaban J connectivity index is 2.34. The molecule has 0 aromatic heterocycles. The van der Waals surface area contributed by atoms with Crippen LogP contribution in [0.1, 0.15) is 5.56 Å². The zero-order valence-corrected chi connectivity index (χ0v) is 9.36. The van der Waals surface area contributed by atoms with E-state index < -0.39 is 17.6 Å². The lowest BCUT2D eigenvalue weighted by Gasteiger charge is -2.05. The number of carboxylic acids is 1. The highest BCUT2D eigenvalue weighted by Crippen LogP contribution is 2.24. The van der Waals surface area contributed by atoms with Crippen molar-refractivity contribution in [2.45, 2.75) is 6.42 Å². The molecule has 2 aromatic carbocycles. The van der Waals surface area contributed by atoms with Crippen molar-refractivity contribution < 1.29 is 18.7 Å². The van der Waals surface area contributed by atoms with Gasteiger partial charge in [0.2, 0.25) is 0 Å². The fourth-order valence-corrected chi connectivity index (χ4v) is 1.70. The van der Waals surface area contributed by atoms with E-state index in [9.17, 15) is 13.6 Å². The maximum Gasteiger partial charge on any atom is 0.307 e. The second kappa shape index (κ2) is 4.96. The van der Waals surface area contributed by atoms with Crippen molar-refractivity contribution in [2.75, 3.05) is 0 Å². The molecule has 0 amide bonds. The first-order valence-corrected chi connectivity index (χ1v) is 5.32. The molecule has 2 rings (SSSR count). The van der Waals surface area contributed by atoms with Gasteiger partial charge in [0.15, 0.2) is 0 Å². The first-order valence-electron chi connectivity index (χ1n) is 5.32. The van der Waals surface area contributed by atoms with Crippen LogP contribution in [0.2, 0.25) is 0 Å². The molecule has 0 unspecified atom stereocenters. The minimum Gasteiger partial charge on any atom is -0.481 e. The van der Waals surface area contributed by atoms with Crippen molar-refractivity contribution >= 4 is 5.97 Å². The number of aliphatic carboxylic acids is 1. The molecular formula is C14H10F2O2. The summed E-state index contributed by atoms with van der Waals surface area (Å²) in [6.07, 6.45) is -0.0914. The molecule has 0 fully saturated rings. The number of hydrogen-bond acceptors (Lipinski definition) is 1. The molecule has 92 valence electrons. The summed E-state index contributed by atoms with van der Waals surface area (Å²) in [6.45, 7) is 0. The Kier molecular flexibility index (Phi) is 3.37. The van der Waals surface area contributed by atoms with Crippen LogP contribution in [-0.4, -0.2) is 11.1 Å². The van der Waals surface area contributed by atoms with Gasteiger partial charge >= 0.3 is 5.97 Å². The lowest BCUT2D eigenvalue weighted by molar-refractivity contribution is -0.136. The molecule has 0 radical (unpaired) electrons. The van der Waals surface area contributed by atoms with Crippen LogP contribution in [0, 0.1) is 11.6 Å². The van der Waals surface area contributed by atoms with Gasteiger partial charge in [-0.25, -0.2) is 8.78 Å². The summed E-state index contributed by atoms with van der Waals surface area (Å²) in [7, 11) is 0. The first kappa shape index (κ1) is 12.2. The van der Waals surface area contributed by atoms with Gasteiger partial charge in [-0.1, -0.05) is 24.3 Å².